The lowest BCUT2D eigenvalue weighted by Crippen LogP contribution is -2.37. The molecule has 4 N–H and O–H groups in total. The minimum absolute atomic E-state index is 0.175. The van der Waals surface area contributed by atoms with Gasteiger partial charge in [-0.25, -0.2) is 17.9 Å². The van der Waals surface area contributed by atoms with E-state index >= 15 is 0 Å². The van der Waals surface area contributed by atoms with Crippen molar-refractivity contribution in [3.63, 3.8) is 0 Å². The monoisotopic (exact) mass is 263 g/mol. The van der Waals surface area contributed by atoms with E-state index in [1.807, 2.05) is 4.98 Å². The van der Waals surface area contributed by atoms with Gasteiger partial charge in [-0.3, -0.25) is 9.78 Å². The highest BCUT2D eigenvalue weighted by atomic mass is 32.2. The Morgan fingerprint density at radius 1 is 1.47 bits per heavy atom. The highest BCUT2D eigenvalue weighted by molar-refractivity contribution is 7.89. The van der Waals surface area contributed by atoms with Crippen LogP contribution in [0.5, 0.6) is 0 Å². The van der Waals surface area contributed by atoms with Crippen LogP contribution in [0.25, 0.3) is 0 Å². The van der Waals surface area contributed by atoms with Crippen LogP contribution in [0.2, 0.25) is 0 Å². The molecule has 0 saturated heterocycles. The number of rotatable bonds is 5. The van der Waals surface area contributed by atoms with Crippen LogP contribution in [-0.4, -0.2) is 36.1 Å². The Labute approximate surface area is 96.8 Å². The molecule has 0 radical (unpaired) electrons. The molecule has 0 aliphatic rings. The Kier molecular flexibility index (Phi) is 4.21. The maximum atomic E-state index is 11.7. The second-order valence-corrected chi connectivity index (χ2v) is 5.15. The van der Waals surface area contributed by atoms with Gasteiger partial charge in [-0.1, -0.05) is 0 Å². The van der Waals surface area contributed by atoms with Gasteiger partial charge in [0, 0.05) is 18.8 Å². The van der Waals surface area contributed by atoms with Gasteiger partial charge in [-0.15, -0.1) is 0 Å². The van der Waals surface area contributed by atoms with Gasteiger partial charge in [0.15, 0.2) is 4.90 Å². The maximum absolute atomic E-state index is 11.7. The third-order valence-corrected chi connectivity index (χ3v) is 3.59. The van der Waals surface area contributed by atoms with Crippen LogP contribution in [0, 0.1) is 0 Å². The van der Waals surface area contributed by atoms with Crippen LogP contribution in [0.4, 0.5) is 0 Å². The number of aliphatic hydroxyl groups excluding tert-OH is 1. The first-order chi connectivity index (χ1) is 7.86. The first kappa shape index (κ1) is 13.6. The zero-order chi connectivity index (χ0) is 13.1. The van der Waals surface area contributed by atoms with E-state index in [9.17, 15) is 18.0 Å². The van der Waals surface area contributed by atoms with Crippen molar-refractivity contribution in [1.29, 1.82) is 0 Å². The van der Waals surface area contributed by atoms with Crippen molar-refractivity contribution < 1.29 is 13.5 Å². The molecule has 96 valence electrons. The van der Waals surface area contributed by atoms with Crippen LogP contribution in [-0.2, 0) is 10.0 Å². The number of hydrogen-bond donors (Lipinski definition) is 4. The van der Waals surface area contributed by atoms with Crippen LogP contribution < -0.4 is 16.0 Å². The third kappa shape index (κ3) is 3.51. The number of aliphatic hydroxyl groups is 1. The summed E-state index contributed by atoms with van der Waals surface area (Å²) in [7, 11) is -4.00. The number of H-pyrrole nitrogens is 2. The number of aromatic amines is 2. The minimum atomic E-state index is -4.00. The average Bonchev–Trinajstić information content (AvgIpc) is 2.15. The zero-order valence-corrected chi connectivity index (χ0v) is 9.87. The molecule has 17 heavy (non-hydrogen) atoms. The molecule has 0 fully saturated rings. The van der Waals surface area contributed by atoms with Crippen molar-refractivity contribution >= 4 is 10.0 Å². The molecule has 0 bridgehead atoms. The lowest BCUT2D eigenvalue weighted by atomic mass is 10.3. The fraction of sp³-hybridized carbons (Fsp3) is 0.500. The molecule has 0 spiro atoms. The molecule has 1 rings (SSSR count). The summed E-state index contributed by atoms with van der Waals surface area (Å²) in [5, 5.41) is 8.64. The molecule has 0 saturated carbocycles. The SMILES string of the molecule is CC(CCO)NS(=O)(=O)c1c[nH]c(=O)[nH]c1=O. The number of hydrogen-bond acceptors (Lipinski definition) is 5. The molecule has 0 aromatic carbocycles. The van der Waals surface area contributed by atoms with Crippen LogP contribution in [0.1, 0.15) is 13.3 Å². The van der Waals surface area contributed by atoms with Crippen LogP contribution >= 0.6 is 0 Å². The second kappa shape index (κ2) is 5.25. The highest BCUT2D eigenvalue weighted by Gasteiger charge is 2.20. The smallest absolute Gasteiger partial charge is 0.325 e. The summed E-state index contributed by atoms with van der Waals surface area (Å²) in [6.07, 6.45) is 1.05. The summed E-state index contributed by atoms with van der Waals surface area (Å²) >= 11 is 0. The first-order valence-electron chi connectivity index (χ1n) is 4.82. The lowest BCUT2D eigenvalue weighted by Gasteiger charge is -2.11. The van der Waals surface area contributed by atoms with E-state index in [2.05, 4.69) is 9.71 Å². The van der Waals surface area contributed by atoms with Gasteiger partial charge in [-0.05, 0) is 13.3 Å². The maximum Gasteiger partial charge on any atom is 0.325 e. The van der Waals surface area contributed by atoms with Crippen molar-refractivity contribution in [3.05, 3.63) is 27.0 Å². The van der Waals surface area contributed by atoms with Gasteiger partial charge in [0.1, 0.15) is 0 Å². The molecule has 1 heterocycles. The van der Waals surface area contributed by atoms with Crippen molar-refractivity contribution in [2.45, 2.75) is 24.3 Å². The fourth-order valence-corrected chi connectivity index (χ4v) is 2.46. The van der Waals surface area contributed by atoms with Gasteiger partial charge in [0.25, 0.3) is 5.56 Å². The molecular formula is C8H13N3O5S. The Morgan fingerprint density at radius 2 is 2.12 bits per heavy atom. The van der Waals surface area contributed by atoms with Crippen molar-refractivity contribution in [3.8, 4) is 0 Å². The molecule has 0 amide bonds. The van der Waals surface area contributed by atoms with E-state index in [0.29, 0.717) is 0 Å². The summed E-state index contributed by atoms with van der Waals surface area (Å²) in [5.41, 5.74) is -1.77. The molecule has 1 aromatic heterocycles. The molecule has 1 unspecified atom stereocenters. The van der Waals surface area contributed by atoms with Crippen LogP contribution in [0.3, 0.4) is 0 Å². The molecular weight excluding hydrogens is 250 g/mol. The molecule has 1 atom stereocenters. The van der Waals surface area contributed by atoms with Gasteiger partial charge in [-0.2, -0.15) is 0 Å². The third-order valence-electron chi connectivity index (χ3n) is 1.99. The van der Waals surface area contributed by atoms with Crippen molar-refractivity contribution in [1.82, 2.24) is 14.7 Å². The fourth-order valence-electron chi connectivity index (χ4n) is 1.18. The van der Waals surface area contributed by atoms with Gasteiger partial charge in [0.05, 0.1) is 0 Å². The van der Waals surface area contributed by atoms with E-state index in [1.165, 1.54) is 0 Å². The molecule has 0 aliphatic heterocycles. The summed E-state index contributed by atoms with van der Waals surface area (Å²) in [4.78, 5) is 25.3. The van der Waals surface area contributed by atoms with Crippen LogP contribution in [0.15, 0.2) is 20.7 Å². The van der Waals surface area contributed by atoms with Crippen molar-refractivity contribution in [2.75, 3.05) is 6.61 Å². The van der Waals surface area contributed by atoms with E-state index < -0.39 is 32.2 Å². The second-order valence-electron chi connectivity index (χ2n) is 3.47. The summed E-state index contributed by atoms with van der Waals surface area (Å²) < 4.78 is 25.6. The molecule has 9 heteroatoms. The Hall–Kier alpha value is -1.45. The molecule has 1 aromatic rings. The van der Waals surface area contributed by atoms with Gasteiger partial charge >= 0.3 is 5.69 Å². The predicted molar refractivity (Wildman–Crippen MR) is 59.2 cm³/mol. The van der Waals surface area contributed by atoms with E-state index in [0.717, 1.165) is 6.20 Å². The Balaban J connectivity index is 3.06. The summed E-state index contributed by atoms with van der Waals surface area (Å²) in [6.45, 7) is 1.37. The number of sulfonamides is 1. The summed E-state index contributed by atoms with van der Waals surface area (Å²) in [5.74, 6) is 0. The quantitative estimate of drug-likeness (QED) is 0.493. The topological polar surface area (TPSA) is 132 Å². The zero-order valence-electron chi connectivity index (χ0n) is 9.06. The first-order valence-corrected chi connectivity index (χ1v) is 6.30. The normalized spacial score (nSPS) is 13.5. The molecule has 0 aliphatic carbocycles. The van der Waals surface area contributed by atoms with Crippen molar-refractivity contribution in [2.24, 2.45) is 0 Å². The van der Waals surface area contributed by atoms with E-state index in [4.69, 9.17) is 5.11 Å². The van der Waals surface area contributed by atoms with E-state index in [-0.39, 0.29) is 13.0 Å². The Bertz CT molecular complexity index is 588. The highest BCUT2D eigenvalue weighted by Crippen LogP contribution is 2.01. The number of aromatic nitrogens is 2. The van der Waals surface area contributed by atoms with E-state index in [1.54, 1.807) is 6.92 Å². The Morgan fingerprint density at radius 3 is 2.65 bits per heavy atom. The van der Waals surface area contributed by atoms with Gasteiger partial charge < -0.3 is 10.1 Å². The van der Waals surface area contributed by atoms with Gasteiger partial charge in [0.2, 0.25) is 10.0 Å². The largest absolute Gasteiger partial charge is 0.396 e. The lowest BCUT2D eigenvalue weighted by molar-refractivity contribution is 0.275. The minimum Gasteiger partial charge on any atom is -0.396 e. The average molecular weight is 263 g/mol. The standard InChI is InChI=1S/C8H13N3O5S/c1-5(2-3-12)11-17(15,16)6-4-9-8(14)10-7(6)13/h4-5,11-12H,2-3H2,1H3,(H2,9,10,13,14). The predicted octanol–water partition coefficient (Wildman–Crippen LogP) is -1.89. The number of nitrogens with one attached hydrogen (secondary N) is 3. The summed E-state index contributed by atoms with van der Waals surface area (Å²) in [6, 6.07) is -0.517. The molecule has 8 nitrogen and oxygen atoms in total.